The first-order valence-electron chi connectivity index (χ1n) is 11.1. The molecule has 32 heavy (non-hydrogen) atoms. The molecule has 0 radical (unpaired) electrons. The predicted molar refractivity (Wildman–Crippen MR) is 126 cm³/mol. The molecule has 1 aromatic carbocycles. The van der Waals surface area contributed by atoms with Crippen molar-refractivity contribution in [3.8, 4) is 0 Å². The number of aromatic nitrogens is 2. The van der Waals surface area contributed by atoms with Gasteiger partial charge in [0.25, 0.3) is 5.91 Å². The second kappa shape index (κ2) is 10.8. The second-order valence-corrected chi connectivity index (χ2v) is 9.03. The minimum Gasteiger partial charge on any atom is -0.455 e. The second-order valence-electron chi connectivity index (χ2n) is 8.08. The zero-order valence-corrected chi connectivity index (χ0v) is 19.6. The Kier molecular flexibility index (Phi) is 7.68. The number of benzene rings is 1. The molecule has 1 N–H and O–H groups in total. The molecule has 0 unspecified atom stereocenters. The average Bonchev–Trinajstić information content (AvgIpc) is 3.46. The van der Waals surface area contributed by atoms with Gasteiger partial charge in [0.05, 0.1) is 5.75 Å². The molecule has 7 nitrogen and oxygen atoms in total. The van der Waals surface area contributed by atoms with Crippen LogP contribution in [0.1, 0.15) is 34.4 Å². The fraction of sp³-hybridized carbons (Fsp3) is 0.417. The number of imidazole rings is 1. The summed E-state index contributed by atoms with van der Waals surface area (Å²) in [6.45, 7) is 9.36. The van der Waals surface area contributed by atoms with E-state index in [1.54, 1.807) is 24.0 Å². The summed E-state index contributed by atoms with van der Waals surface area (Å²) in [6, 6.07) is 12.1. The molecule has 2 aromatic heterocycles. The molecule has 4 rings (SSSR count). The molecular weight excluding hydrogens is 422 g/mol. The van der Waals surface area contributed by atoms with E-state index in [-0.39, 0.29) is 5.91 Å². The van der Waals surface area contributed by atoms with Crippen molar-refractivity contribution in [2.24, 2.45) is 7.05 Å². The molecule has 3 heterocycles. The van der Waals surface area contributed by atoms with E-state index in [1.807, 2.05) is 23.9 Å². The first kappa shape index (κ1) is 22.6. The summed E-state index contributed by atoms with van der Waals surface area (Å²) in [7, 11) is 1.95. The Labute approximate surface area is 193 Å². The third kappa shape index (κ3) is 6.03. The van der Waals surface area contributed by atoms with Crippen LogP contribution < -0.4 is 5.32 Å². The Morgan fingerprint density at radius 3 is 2.47 bits per heavy atom. The van der Waals surface area contributed by atoms with E-state index in [0.717, 1.165) is 55.7 Å². The highest BCUT2D eigenvalue weighted by Gasteiger charge is 2.15. The van der Waals surface area contributed by atoms with Crippen LogP contribution in [0.2, 0.25) is 0 Å². The van der Waals surface area contributed by atoms with Gasteiger partial charge in [-0.3, -0.25) is 9.69 Å². The first-order valence-corrected chi connectivity index (χ1v) is 12.1. The number of nitrogens with zero attached hydrogens (tertiary/aromatic N) is 4. The Morgan fingerprint density at radius 2 is 1.78 bits per heavy atom. The van der Waals surface area contributed by atoms with Gasteiger partial charge >= 0.3 is 0 Å². The van der Waals surface area contributed by atoms with Crippen LogP contribution in [0.15, 0.2) is 58.4 Å². The lowest BCUT2D eigenvalue weighted by Gasteiger charge is -2.34. The first-order chi connectivity index (χ1) is 15.6. The minimum atomic E-state index is -0.198. The van der Waals surface area contributed by atoms with Crippen molar-refractivity contribution in [3.05, 3.63) is 71.4 Å². The highest BCUT2D eigenvalue weighted by molar-refractivity contribution is 7.98. The van der Waals surface area contributed by atoms with Crippen molar-refractivity contribution < 1.29 is 9.21 Å². The summed E-state index contributed by atoms with van der Waals surface area (Å²) >= 11 is 1.58. The molecule has 0 aliphatic carbocycles. The number of thioether (sulfide) groups is 1. The SMILES string of the molecule is CCN1CCN(Cc2ccc(CNC(=O)c3ccc(CSc4nccn4C)o3)cc2)CC1. The maximum atomic E-state index is 12.5. The predicted octanol–water partition coefficient (Wildman–Crippen LogP) is 3.37. The molecule has 1 aliphatic rings. The number of rotatable bonds is 9. The lowest BCUT2D eigenvalue weighted by atomic mass is 10.1. The molecule has 8 heteroatoms. The van der Waals surface area contributed by atoms with E-state index >= 15 is 0 Å². The molecule has 170 valence electrons. The molecule has 0 saturated carbocycles. The summed E-state index contributed by atoms with van der Waals surface area (Å²) in [4.78, 5) is 21.7. The highest BCUT2D eigenvalue weighted by atomic mass is 32.2. The molecule has 1 amide bonds. The lowest BCUT2D eigenvalue weighted by Crippen LogP contribution is -2.45. The van der Waals surface area contributed by atoms with Crippen LogP contribution in [-0.2, 0) is 25.9 Å². The van der Waals surface area contributed by atoms with E-state index in [2.05, 4.69) is 51.3 Å². The van der Waals surface area contributed by atoms with Crippen molar-refractivity contribution in [1.29, 1.82) is 0 Å². The third-order valence-corrected chi connectivity index (χ3v) is 6.88. The monoisotopic (exact) mass is 453 g/mol. The topological polar surface area (TPSA) is 66.5 Å². The van der Waals surface area contributed by atoms with Gasteiger partial charge in [-0.05, 0) is 29.8 Å². The zero-order chi connectivity index (χ0) is 22.3. The van der Waals surface area contributed by atoms with E-state index in [4.69, 9.17) is 4.42 Å². The molecule has 0 bridgehead atoms. The number of aryl methyl sites for hydroxylation is 1. The number of amides is 1. The van der Waals surface area contributed by atoms with Crippen molar-refractivity contribution in [2.75, 3.05) is 32.7 Å². The van der Waals surface area contributed by atoms with Crippen molar-refractivity contribution in [1.82, 2.24) is 24.7 Å². The maximum absolute atomic E-state index is 12.5. The van der Waals surface area contributed by atoms with Gasteiger partial charge in [0.2, 0.25) is 0 Å². The van der Waals surface area contributed by atoms with Crippen LogP contribution in [0, 0.1) is 0 Å². The summed E-state index contributed by atoms with van der Waals surface area (Å²) in [5, 5.41) is 3.86. The van der Waals surface area contributed by atoms with Crippen LogP contribution in [0.5, 0.6) is 0 Å². The van der Waals surface area contributed by atoms with E-state index in [1.165, 1.54) is 5.56 Å². The number of likely N-dealkylation sites (N-methyl/N-ethyl adjacent to an activating group) is 1. The Balaban J connectivity index is 1.22. The Bertz CT molecular complexity index is 1010. The van der Waals surface area contributed by atoms with Gasteiger partial charge in [-0.2, -0.15) is 0 Å². The van der Waals surface area contributed by atoms with Crippen LogP contribution in [-0.4, -0.2) is 58.0 Å². The number of furan rings is 1. The van der Waals surface area contributed by atoms with Crippen LogP contribution in [0.3, 0.4) is 0 Å². The van der Waals surface area contributed by atoms with E-state index in [0.29, 0.717) is 18.1 Å². The Morgan fingerprint density at radius 1 is 1.06 bits per heavy atom. The number of nitrogens with one attached hydrogen (secondary N) is 1. The van der Waals surface area contributed by atoms with Gasteiger partial charge < -0.3 is 19.2 Å². The molecule has 1 saturated heterocycles. The highest BCUT2D eigenvalue weighted by Crippen LogP contribution is 2.22. The molecule has 1 fully saturated rings. The van der Waals surface area contributed by atoms with Gasteiger partial charge in [0.15, 0.2) is 10.9 Å². The zero-order valence-electron chi connectivity index (χ0n) is 18.8. The molecular formula is C24H31N5O2S. The number of hydrogen-bond donors (Lipinski definition) is 1. The quantitative estimate of drug-likeness (QED) is 0.501. The minimum absolute atomic E-state index is 0.198. The van der Waals surface area contributed by atoms with Gasteiger partial charge in [-0.25, -0.2) is 4.98 Å². The maximum Gasteiger partial charge on any atom is 0.287 e. The fourth-order valence-corrected chi connectivity index (χ4v) is 4.58. The van der Waals surface area contributed by atoms with E-state index in [9.17, 15) is 4.79 Å². The summed E-state index contributed by atoms with van der Waals surface area (Å²) in [5.41, 5.74) is 2.39. The van der Waals surface area contributed by atoms with Gasteiger partial charge in [0.1, 0.15) is 5.76 Å². The molecule has 3 aromatic rings. The third-order valence-electron chi connectivity index (χ3n) is 5.80. The van der Waals surface area contributed by atoms with Crippen molar-refractivity contribution in [2.45, 2.75) is 30.9 Å². The lowest BCUT2D eigenvalue weighted by molar-refractivity contribution is 0.0921. The summed E-state index contributed by atoms with van der Waals surface area (Å²) in [6.07, 6.45) is 3.67. The van der Waals surface area contributed by atoms with Gasteiger partial charge in [0, 0.05) is 58.7 Å². The molecule has 1 aliphatic heterocycles. The fourth-order valence-electron chi connectivity index (χ4n) is 3.76. The summed E-state index contributed by atoms with van der Waals surface area (Å²) < 4.78 is 7.67. The van der Waals surface area contributed by atoms with Crippen LogP contribution >= 0.6 is 11.8 Å². The number of carbonyl (C=O) groups excluding carboxylic acids is 1. The van der Waals surface area contributed by atoms with Crippen LogP contribution in [0.4, 0.5) is 0 Å². The van der Waals surface area contributed by atoms with Crippen molar-refractivity contribution >= 4 is 17.7 Å². The van der Waals surface area contributed by atoms with Gasteiger partial charge in [-0.15, -0.1) is 0 Å². The van der Waals surface area contributed by atoms with Crippen molar-refractivity contribution in [3.63, 3.8) is 0 Å². The molecule has 0 spiro atoms. The van der Waals surface area contributed by atoms with Crippen LogP contribution in [0.25, 0.3) is 0 Å². The summed E-state index contributed by atoms with van der Waals surface area (Å²) in [5.74, 6) is 1.53. The number of hydrogen-bond acceptors (Lipinski definition) is 6. The largest absolute Gasteiger partial charge is 0.455 e. The van der Waals surface area contributed by atoms with E-state index < -0.39 is 0 Å². The smallest absolute Gasteiger partial charge is 0.287 e. The standard InChI is InChI=1S/C24H31N5O2S/c1-3-28-12-14-29(15-13-28)17-20-6-4-19(5-7-20)16-26-23(30)22-9-8-21(31-22)18-32-24-25-10-11-27(24)2/h4-11H,3,12-18H2,1-2H3,(H,26,30). The molecule has 0 atom stereocenters. The Hall–Kier alpha value is -2.55. The average molecular weight is 454 g/mol. The normalized spacial score (nSPS) is 15.2. The number of carbonyl (C=O) groups is 1. The number of piperazine rings is 1. The van der Waals surface area contributed by atoms with Gasteiger partial charge in [-0.1, -0.05) is 43.0 Å².